The Kier molecular flexibility index (Phi) is 4.65. The van der Waals surface area contributed by atoms with Crippen LogP contribution in [0, 0.1) is 13.8 Å². The molecule has 144 valence electrons. The van der Waals surface area contributed by atoms with E-state index in [1.54, 1.807) is 29.1 Å². The van der Waals surface area contributed by atoms with Gasteiger partial charge in [-0.25, -0.2) is 8.42 Å². The topological polar surface area (TPSA) is 94.1 Å². The highest BCUT2D eigenvalue weighted by Crippen LogP contribution is 2.38. The Morgan fingerprint density at radius 1 is 1.30 bits per heavy atom. The van der Waals surface area contributed by atoms with Crippen molar-refractivity contribution in [1.82, 2.24) is 24.3 Å². The van der Waals surface area contributed by atoms with Crippen LogP contribution in [0.2, 0.25) is 0 Å². The van der Waals surface area contributed by atoms with E-state index < -0.39 is 16.1 Å². The Morgan fingerprint density at radius 2 is 2.11 bits per heavy atom. The fourth-order valence-electron chi connectivity index (χ4n) is 3.33. The van der Waals surface area contributed by atoms with Crippen LogP contribution in [0.4, 0.5) is 0 Å². The summed E-state index contributed by atoms with van der Waals surface area (Å²) in [6.07, 6.45) is 3.00. The summed E-state index contributed by atoms with van der Waals surface area (Å²) < 4.78 is 35.4. The molecule has 1 aliphatic heterocycles. The maximum Gasteiger partial charge on any atom is 0.257 e. The number of rotatable bonds is 5. The normalized spacial score (nSPS) is 18.4. The molecule has 3 aromatic rings. The quantitative estimate of drug-likeness (QED) is 0.645. The summed E-state index contributed by atoms with van der Waals surface area (Å²) in [4.78, 5) is 2.28. The molecule has 4 rings (SSSR count). The van der Waals surface area contributed by atoms with Crippen molar-refractivity contribution in [1.29, 1.82) is 0 Å². The SMILES string of the molecule is CCn1cc(S(=O)(=O)N2CCCC2c2nnc(-c3ccc(C)s3)o2)c(C)n1. The number of aromatic nitrogens is 4. The van der Waals surface area contributed by atoms with Crippen LogP contribution < -0.4 is 0 Å². The summed E-state index contributed by atoms with van der Waals surface area (Å²) in [5.74, 6) is 0.778. The first-order valence-electron chi connectivity index (χ1n) is 8.86. The fourth-order valence-corrected chi connectivity index (χ4v) is 5.94. The highest BCUT2D eigenvalue weighted by Gasteiger charge is 2.40. The Labute approximate surface area is 161 Å². The van der Waals surface area contributed by atoms with Gasteiger partial charge < -0.3 is 4.42 Å². The van der Waals surface area contributed by atoms with E-state index in [-0.39, 0.29) is 4.90 Å². The molecule has 0 radical (unpaired) electrons. The van der Waals surface area contributed by atoms with Crippen LogP contribution in [0.25, 0.3) is 10.8 Å². The monoisotopic (exact) mass is 407 g/mol. The lowest BCUT2D eigenvalue weighted by atomic mass is 10.2. The number of nitrogens with zero attached hydrogens (tertiary/aromatic N) is 5. The third-order valence-corrected chi connectivity index (χ3v) is 7.69. The van der Waals surface area contributed by atoms with Gasteiger partial charge in [-0.3, -0.25) is 4.68 Å². The second-order valence-corrected chi connectivity index (χ2v) is 9.71. The molecule has 0 aromatic carbocycles. The molecule has 27 heavy (non-hydrogen) atoms. The molecule has 0 saturated carbocycles. The van der Waals surface area contributed by atoms with Crippen LogP contribution in [-0.2, 0) is 16.6 Å². The zero-order chi connectivity index (χ0) is 19.2. The van der Waals surface area contributed by atoms with E-state index in [0.717, 1.165) is 16.2 Å². The lowest BCUT2D eigenvalue weighted by Gasteiger charge is -2.20. The van der Waals surface area contributed by atoms with Crippen molar-refractivity contribution in [2.75, 3.05) is 6.54 Å². The summed E-state index contributed by atoms with van der Waals surface area (Å²) in [6.45, 7) is 6.70. The van der Waals surface area contributed by atoms with Crippen LogP contribution in [0.15, 0.2) is 27.6 Å². The van der Waals surface area contributed by atoms with E-state index >= 15 is 0 Å². The first-order chi connectivity index (χ1) is 12.9. The number of hydrogen-bond donors (Lipinski definition) is 0. The van der Waals surface area contributed by atoms with Gasteiger partial charge in [0, 0.05) is 24.2 Å². The molecule has 1 saturated heterocycles. The summed E-state index contributed by atoms with van der Waals surface area (Å²) in [6, 6.07) is 3.48. The first-order valence-corrected chi connectivity index (χ1v) is 11.1. The Balaban J connectivity index is 1.66. The van der Waals surface area contributed by atoms with Gasteiger partial charge in [-0.05, 0) is 45.7 Å². The molecule has 10 heteroatoms. The Hall–Kier alpha value is -2.04. The molecular weight excluding hydrogens is 386 g/mol. The van der Waals surface area contributed by atoms with Gasteiger partial charge in [0.2, 0.25) is 15.9 Å². The Morgan fingerprint density at radius 3 is 2.78 bits per heavy atom. The summed E-state index contributed by atoms with van der Waals surface area (Å²) >= 11 is 1.57. The standard InChI is InChI=1S/C17H21N5O3S2/c1-4-21-10-15(12(3)20-21)27(23,24)22-9-5-6-13(22)16-18-19-17(25-16)14-8-7-11(2)26-14/h7-8,10,13H,4-6,9H2,1-3H3. The van der Waals surface area contributed by atoms with Gasteiger partial charge in [0.05, 0.1) is 10.6 Å². The summed E-state index contributed by atoms with van der Waals surface area (Å²) in [5.41, 5.74) is 0.503. The number of aryl methyl sites for hydroxylation is 3. The maximum absolute atomic E-state index is 13.2. The molecule has 0 amide bonds. The molecule has 1 aliphatic rings. The van der Waals surface area contributed by atoms with Gasteiger partial charge in [0.15, 0.2) is 0 Å². The molecule has 1 unspecified atom stereocenters. The van der Waals surface area contributed by atoms with Crippen molar-refractivity contribution in [2.24, 2.45) is 0 Å². The second-order valence-electron chi connectivity index (χ2n) is 6.56. The smallest absolute Gasteiger partial charge is 0.257 e. The van der Waals surface area contributed by atoms with Crippen LogP contribution >= 0.6 is 11.3 Å². The van der Waals surface area contributed by atoms with Crippen molar-refractivity contribution >= 4 is 21.4 Å². The molecule has 0 aliphatic carbocycles. The average molecular weight is 408 g/mol. The van der Waals surface area contributed by atoms with E-state index in [0.29, 0.717) is 37.0 Å². The van der Waals surface area contributed by atoms with Crippen LogP contribution in [-0.4, -0.2) is 39.2 Å². The van der Waals surface area contributed by atoms with Crippen LogP contribution in [0.5, 0.6) is 0 Å². The predicted molar refractivity (Wildman–Crippen MR) is 101 cm³/mol. The van der Waals surface area contributed by atoms with Crippen molar-refractivity contribution < 1.29 is 12.8 Å². The summed E-state index contributed by atoms with van der Waals surface area (Å²) in [5, 5.41) is 12.5. The minimum atomic E-state index is -3.68. The molecule has 0 N–H and O–H groups in total. The minimum absolute atomic E-state index is 0.241. The van der Waals surface area contributed by atoms with E-state index in [9.17, 15) is 8.42 Å². The fraction of sp³-hybridized carbons (Fsp3) is 0.471. The zero-order valence-electron chi connectivity index (χ0n) is 15.4. The van der Waals surface area contributed by atoms with Crippen LogP contribution in [0.1, 0.15) is 42.3 Å². The van der Waals surface area contributed by atoms with E-state index in [2.05, 4.69) is 15.3 Å². The number of sulfonamides is 1. The number of hydrogen-bond acceptors (Lipinski definition) is 7. The molecule has 0 spiro atoms. The predicted octanol–water partition coefficient (Wildman–Crippen LogP) is 3.16. The molecule has 3 aromatic heterocycles. The van der Waals surface area contributed by atoms with Gasteiger partial charge in [0.25, 0.3) is 5.89 Å². The molecule has 0 bridgehead atoms. The minimum Gasteiger partial charge on any atom is -0.418 e. The van der Waals surface area contributed by atoms with Crippen molar-refractivity contribution in [3.8, 4) is 10.8 Å². The first kappa shape index (κ1) is 18.3. The molecular formula is C17H21N5O3S2. The third-order valence-electron chi connectivity index (χ3n) is 4.69. The maximum atomic E-state index is 13.2. The van der Waals surface area contributed by atoms with Crippen LogP contribution in [0.3, 0.4) is 0 Å². The highest BCUT2D eigenvalue weighted by molar-refractivity contribution is 7.89. The average Bonchev–Trinajstić information content (AvgIpc) is 3.40. The molecule has 8 nitrogen and oxygen atoms in total. The van der Waals surface area contributed by atoms with Gasteiger partial charge in [-0.1, -0.05) is 0 Å². The lowest BCUT2D eigenvalue weighted by Crippen LogP contribution is -2.31. The Bertz CT molecular complexity index is 1070. The highest BCUT2D eigenvalue weighted by atomic mass is 32.2. The zero-order valence-corrected chi connectivity index (χ0v) is 17.0. The van der Waals surface area contributed by atoms with E-state index in [1.807, 2.05) is 26.0 Å². The molecule has 1 fully saturated rings. The number of thiophene rings is 1. The van der Waals surface area contributed by atoms with Crippen molar-refractivity contribution in [2.45, 2.75) is 51.1 Å². The van der Waals surface area contributed by atoms with E-state index in [1.165, 1.54) is 4.31 Å². The van der Waals surface area contributed by atoms with Crippen molar-refractivity contribution in [3.63, 3.8) is 0 Å². The van der Waals surface area contributed by atoms with Gasteiger partial charge >= 0.3 is 0 Å². The molecule has 4 heterocycles. The van der Waals surface area contributed by atoms with E-state index in [4.69, 9.17) is 4.42 Å². The van der Waals surface area contributed by atoms with Gasteiger partial charge in [-0.15, -0.1) is 21.5 Å². The molecule has 1 atom stereocenters. The lowest BCUT2D eigenvalue weighted by molar-refractivity contribution is 0.332. The second kappa shape index (κ2) is 6.84. The van der Waals surface area contributed by atoms with Crippen molar-refractivity contribution in [3.05, 3.63) is 34.8 Å². The summed E-state index contributed by atoms with van der Waals surface area (Å²) in [7, 11) is -3.68. The third kappa shape index (κ3) is 3.21. The largest absolute Gasteiger partial charge is 0.418 e. The van der Waals surface area contributed by atoms with Gasteiger partial charge in [-0.2, -0.15) is 9.40 Å². The van der Waals surface area contributed by atoms with Gasteiger partial charge in [0.1, 0.15) is 10.9 Å².